The van der Waals surface area contributed by atoms with Crippen LogP contribution in [0.3, 0.4) is 0 Å². The molecule has 124 valence electrons. The molecule has 0 aliphatic carbocycles. The molecule has 2 aromatic rings. The van der Waals surface area contributed by atoms with Crippen LogP contribution in [-0.4, -0.2) is 30.6 Å². The second-order valence-corrected chi connectivity index (χ2v) is 5.19. The van der Waals surface area contributed by atoms with Gasteiger partial charge < -0.3 is 15.7 Å². The van der Waals surface area contributed by atoms with Gasteiger partial charge in [-0.25, -0.2) is 0 Å². The Labute approximate surface area is 141 Å². The number of benzene rings is 2. The molecule has 0 bridgehead atoms. The largest absolute Gasteiger partial charge is 0.394 e. The molecule has 0 saturated carbocycles. The zero-order valence-electron chi connectivity index (χ0n) is 13.4. The van der Waals surface area contributed by atoms with Crippen LogP contribution in [0, 0.1) is 0 Å². The van der Waals surface area contributed by atoms with E-state index in [2.05, 4.69) is 10.6 Å². The zero-order chi connectivity index (χ0) is 17.4. The molecular formula is C19H20N2O3. The van der Waals surface area contributed by atoms with Crippen molar-refractivity contribution in [2.24, 2.45) is 0 Å². The van der Waals surface area contributed by atoms with Gasteiger partial charge in [0.2, 0.25) is 5.91 Å². The lowest BCUT2D eigenvalue weighted by Gasteiger charge is -2.15. The van der Waals surface area contributed by atoms with Crippen molar-refractivity contribution >= 4 is 17.9 Å². The van der Waals surface area contributed by atoms with E-state index in [1.165, 1.54) is 6.08 Å². The molecule has 1 atom stereocenters. The van der Waals surface area contributed by atoms with Gasteiger partial charge in [-0.3, -0.25) is 9.59 Å². The first kappa shape index (κ1) is 17.4. The second kappa shape index (κ2) is 8.64. The summed E-state index contributed by atoms with van der Waals surface area (Å²) in [6.07, 6.45) is 3.06. The molecule has 0 fully saturated rings. The fourth-order valence-corrected chi connectivity index (χ4v) is 2.20. The average molecular weight is 324 g/mol. The van der Waals surface area contributed by atoms with Gasteiger partial charge in [-0.2, -0.15) is 0 Å². The standard InChI is InChI=1S/C19H20N2O3/c1-20-19(24)16-10-7-14(8-11-16)9-12-18(23)21-17(13-22)15-5-3-2-4-6-15/h2-12,17,22H,13H2,1H3,(H,20,24)(H,21,23)/b12-9+/t17-/m1/s1. The van der Waals surface area contributed by atoms with Crippen molar-refractivity contribution in [1.29, 1.82) is 0 Å². The number of rotatable bonds is 6. The molecule has 0 aliphatic heterocycles. The molecule has 0 heterocycles. The predicted octanol–water partition coefficient (Wildman–Crippen LogP) is 1.91. The summed E-state index contributed by atoms with van der Waals surface area (Å²) in [6, 6.07) is 15.7. The van der Waals surface area contributed by atoms with E-state index in [9.17, 15) is 14.7 Å². The molecular weight excluding hydrogens is 304 g/mol. The molecule has 24 heavy (non-hydrogen) atoms. The van der Waals surface area contributed by atoms with E-state index in [1.54, 1.807) is 37.4 Å². The summed E-state index contributed by atoms with van der Waals surface area (Å²) in [5.41, 5.74) is 2.21. The first-order chi connectivity index (χ1) is 11.6. The fourth-order valence-electron chi connectivity index (χ4n) is 2.20. The molecule has 5 heteroatoms. The van der Waals surface area contributed by atoms with Gasteiger partial charge in [-0.15, -0.1) is 0 Å². The Hall–Kier alpha value is -2.92. The highest BCUT2D eigenvalue weighted by Crippen LogP contribution is 2.12. The van der Waals surface area contributed by atoms with Gasteiger partial charge in [0, 0.05) is 18.7 Å². The third-order valence-corrected chi connectivity index (χ3v) is 3.53. The normalized spacial score (nSPS) is 11.9. The molecule has 0 aliphatic rings. The second-order valence-electron chi connectivity index (χ2n) is 5.19. The first-order valence-corrected chi connectivity index (χ1v) is 7.60. The zero-order valence-corrected chi connectivity index (χ0v) is 13.4. The minimum atomic E-state index is -0.445. The number of amides is 2. The van der Waals surface area contributed by atoms with E-state index in [-0.39, 0.29) is 18.4 Å². The molecule has 0 unspecified atom stereocenters. The molecule has 0 radical (unpaired) electrons. The van der Waals surface area contributed by atoms with E-state index in [0.29, 0.717) is 5.56 Å². The SMILES string of the molecule is CNC(=O)c1ccc(/C=C/C(=O)N[C@H](CO)c2ccccc2)cc1. The maximum Gasteiger partial charge on any atom is 0.251 e. The van der Waals surface area contributed by atoms with Crippen molar-refractivity contribution in [2.45, 2.75) is 6.04 Å². The highest BCUT2D eigenvalue weighted by Gasteiger charge is 2.11. The highest BCUT2D eigenvalue weighted by molar-refractivity contribution is 5.94. The van der Waals surface area contributed by atoms with Gasteiger partial charge in [-0.1, -0.05) is 42.5 Å². The maximum absolute atomic E-state index is 12.0. The minimum absolute atomic E-state index is 0.156. The lowest BCUT2D eigenvalue weighted by molar-refractivity contribution is -0.117. The summed E-state index contributed by atoms with van der Waals surface area (Å²) < 4.78 is 0. The lowest BCUT2D eigenvalue weighted by atomic mass is 10.1. The van der Waals surface area contributed by atoms with E-state index in [4.69, 9.17) is 0 Å². The highest BCUT2D eigenvalue weighted by atomic mass is 16.3. The molecule has 3 N–H and O–H groups in total. The van der Waals surface area contributed by atoms with Crippen molar-refractivity contribution < 1.29 is 14.7 Å². The fraction of sp³-hybridized carbons (Fsp3) is 0.158. The smallest absolute Gasteiger partial charge is 0.251 e. The number of hydrogen-bond acceptors (Lipinski definition) is 3. The summed E-state index contributed by atoms with van der Waals surface area (Å²) in [4.78, 5) is 23.5. The van der Waals surface area contributed by atoms with Crippen LogP contribution < -0.4 is 10.6 Å². The molecule has 0 aromatic heterocycles. The molecule has 0 saturated heterocycles. The van der Waals surface area contributed by atoms with E-state index >= 15 is 0 Å². The number of aliphatic hydroxyl groups is 1. The van der Waals surface area contributed by atoms with E-state index in [1.807, 2.05) is 30.3 Å². The summed E-state index contributed by atoms with van der Waals surface area (Å²) >= 11 is 0. The Morgan fingerprint density at radius 2 is 1.75 bits per heavy atom. The van der Waals surface area contributed by atoms with Crippen molar-refractivity contribution in [3.63, 3.8) is 0 Å². The molecule has 5 nitrogen and oxygen atoms in total. The van der Waals surface area contributed by atoms with Crippen LogP contribution in [0.4, 0.5) is 0 Å². The quantitative estimate of drug-likeness (QED) is 0.710. The van der Waals surface area contributed by atoms with Crippen LogP contribution in [0.2, 0.25) is 0 Å². The van der Waals surface area contributed by atoms with Crippen molar-refractivity contribution in [1.82, 2.24) is 10.6 Å². The van der Waals surface area contributed by atoms with Crippen LogP contribution >= 0.6 is 0 Å². The number of carbonyl (C=O) groups is 2. The molecule has 2 amide bonds. The van der Waals surface area contributed by atoms with Gasteiger partial charge >= 0.3 is 0 Å². The Morgan fingerprint density at radius 1 is 1.08 bits per heavy atom. The Bertz CT molecular complexity index is 709. The third kappa shape index (κ3) is 4.79. The van der Waals surface area contributed by atoms with Crippen LogP contribution in [0.1, 0.15) is 27.5 Å². The van der Waals surface area contributed by atoms with Crippen LogP contribution in [-0.2, 0) is 4.79 Å². The molecule has 0 spiro atoms. The summed E-state index contributed by atoms with van der Waals surface area (Å²) in [7, 11) is 1.57. The van der Waals surface area contributed by atoms with Crippen LogP contribution in [0.25, 0.3) is 6.08 Å². The monoisotopic (exact) mass is 324 g/mol. The van der Waals surface area contributed by atoms with Gasteiger partial charge in [-0.05, 0) is 29.3 Å². The van der Waals surface area contributed by atoms with Gasteiger partial charge in [0.25, 0.3) is 5.91 Å². The predicted molar refractivity (Wildman–Crippen MR) is 93.3 cm³/mol. The minimum Gasteiger partial charge on any atom is -0.394 e. The van der Waals surface area contributed by atoms with Crippen molar-refractivity contribution in [3.8, 4) is 0 Å². The Morgan fingerprint density at radius 3 is 2.33 bits per heavy atom. The van der Waals surface area contributed by atoms with Crippen molar-refractivity contribution in [2.75, 3.05) is 13.7 Å². The number of hydrogen-bond donors (Lipinski definition) is 3. The topological polar surface area (TPSA) is 78.4 Å². The first-order valence-electron chi connectivity index (χ1n) is 7.60. The average Bonchev–Trinajstić information content (AvgIpc) is 2.65. The van der Waals surface area contributed by atoms with Crippen LogP contribution in [0.5, 0.6) is 0 Å². The van der Waals surface area contributed by atoms with Gasteiger partial charge in [0.1, 0.15) is 0 Å². The van der Waals surface area contributed by atoms with E-state index < -0.39 is 6.04 Å². The van der Waals surface area contributed by atoms with Gasteiger partial charge in [0.15, 0.2) is 0 Å². The Balaban J connectivity index is 1.98. The molecule has 2 rings (SSSR count). The summed E-state index contributed by atoms with van der Waals surface area (Å²) in [5.74, 6) is -0.454. The Kier molecular flexibility index (Phi) is 6.28. The number of aliphatic hydroxyl groups excluding tert-OH is 1. The molecule has 2 aromatic carbocycles. The summed E-state index contributed by atoms with van der Waals surface area (Å²) in [6.45, 7) is -0.176. The third-order valence-electron chi connectivity index (χ3n) is 3.53. The number of carbonyl (C=O) groups excluding carboxylic acids is 2. The van der Waals surface area contributed by atoms with Crippen molar-refractivity contribution in [3.05, 3.63) is 77.4 Å². The van der Waals surface area contributed by atoms with Crippen LogP contribution in [0.15, 0.2) is 60.7 Å². The van der Waals surface area contributed by atoms with E-state index in [0.717, 1.165) is 11.1 Å². The lowest BCUT2D eigenvalue weighted by Crippen LogP contribution is -2.29. The summed E-state index contributed by atoms with van der Waals surface area (Å²) in [5, 5.41) is 14.7. The van der Waals surface area contributed by atoms with Gasteiger partial charge in [0.05, 0.1) is 12.6 Å². The number of nitrogens with one attached hydrogen (secondary N) is 2. The maximum atomic E-state index is 12.0.